The molecular weight excluding hydrogens is 412 g/mol. The third-order valence-electron chi connectivity index (χ3n) is 6.76. The fraction of sp³-hybridized carbons (Fsp3) is 0.360. The van der Waals surface area contributed by atoms with E-state index in [1.54, 1.807) is 6.07 Å². The largest absolute Gasteiger partial charge is 0.341 e. The van der Waals surface area contributed by atoms with Crippen molar-refractivity contribution < 1.29 is 0 Å². The molecule has 8 heteroatoms. The lowest BCUT2D eigenvalue weighted by molar-refractivity contribution is 0.373. The fourth-order valence-corrected chi connectivity index (χ4v) is 4.71. The van der Waals surface area contributed by atoms with Crippen LogP contribution in [0.4, 0.5) is 5.95 Å². The summed E-state index contributed by atoms with van der Waals surface area (Å²) < 4.78 is 2.12. The number of nitrogens with zero attached hydrogens (tertiary/aromatic N) is 8. The fourth-order valence-electron chi connectivity index (χ4n) is 4.71. The Bertz CT molecular complexity index is 1360. The van der Waals surface area contributed by atoms with Gasteiger partial charge in [-0.25, -0.2) is 15.0 Å². The second kappa shape index (κ2) is 7.93. The van der Waals surface area contributed by atoms with Crippen molar-refractivity contribution in [3.63, 3.8) is 0 Å². The first-order chi connectivity index (χ1) is 16.2. The van der Waals surface area contributed by atoms with E-state index in [0.29, 0.717) is 17.7 Å². The van der Waals surface area contributed by atoms with Gasteiger partial charge in [0.1, 0.15) is 11.8 Å². The minimum absolute atomic E-state index is 0.329. The molecule has 0 radical (unpaired) electrons. The van der Waals surface area contributed by atoms with E-state index < -0.39 is 0 Å². The number of anilines is 1. The molecule has 33 heavy (non-hydrogen) atoms. The highest BCUT2D eigenvalue weighted by Crippen LogP contribution is 2.39. The molecular formula is C25H24N8. The van der Waals surface area contributed by atoms with E-state index in [1.807, 2.05) is 37.8 Å². The Hall–Kier alpha value is -3.86. The van der Waals surface area contributed by atoms with Gasteiger partial charge in [0, 0.05) is 42.1 Å². The van der Waals surface area contributed by atoms with Gasteiger partial charge in [-0.1, -0.05) is 0 Å². The smallest absolute Gasteiger partial charge is 0.225 e. The van der Waals surface area contributed by atoms with Crippen molar-refractivity contribution in [3.8, 4) is 17.3 Å². The minimum Gasteiger partial charge on any atom is -0.341 e. The normalized spacial score (nSPS) is 16.8. The van der Waals surface area contributed by atoms with Gasteiger partial charge < -0.3 is 4.90 Å². The Morgan fingerprint density at radius 3 is 2.45 bits per heavy atom. The average molecular weight is 437 g/mol. The van der Waals surface area contributed by atoms with Gasteiger partial charge >= 0.3 is 0 Å². The molecule has 8 nitrogen and oxygen atoms in total. The van der Waals surface area contributed by atoms with E-state index >= 15 is 0 Å². The van der Waals surface area contributed by atoms with E-state index in [0.717, 1.165) is 59.7 Å². The molecule has 0 unspecified atom stereocenters. The Morgan fingerprint density at radius 2 is 1.76 bits per heavy atom. The lowest BCUT2D eigenvalue weighted by atomic mass is 10.0. The highest BCUT2D eigenvalue weighted by atomic mass is 15.3. The Balaban J connectivity index is 1.19. The van der Waals surface area contributed by atoms with Crippen LogP contribution in [-0.4, -0.2) is 42.8 Å². The molecule has 0 aromatic carbocycles. The van der Waals surface area contributed by atoms with Crippen LogP contribution in [0, 0.1) is 18.3 Å². The van der Waals surface area contributed by atoms with E-state index in [-0.39, 0.29) is 0 Å². The molecule has 0 N–H and O–H groups in total. The van der Waals surface area contributed by atoms with Crippen molar-refractivity contribution in [2.45, 2.75) is 44.6 Å². The quantitative estimate of drug-likeness (QED) is 0.473. The molecule has 5 heterocycles. The number of pyridine rings is 2. The number of rotatable bonds is 4. The number of aryl methyl sites for hydroxylation is 1. The zero-order chi connectivity index (χ0) is 22.4. The van der Waals surface area contributed by atoms with Crippen LogP contribution in [0.1, 0.15) is 54.6 Å². The third-order valence-corrected chi connectivity index (χ3v) is 6.76. The Labute approximate surface area is 192 Å². The van der Waals surface area contributed by atoms with Gasteiger partial charge in [-0.05, 0) is 62.3 Å². The molecule has 1 aliphatic carbocycles. The first kappa shape index (κ1) is 19.8. The van der Waals surface area contributed by atoms with Crippen molar-refractivity contribution in [2.75, 3.05) is 18.0 Å². The SMILES string of the molecule is Cc1nc(C#N)ccc1-c1cc2cnn(C3CCN(c4ncc(C5CC5)cn4)CC3)c2cn1. The summed E-state index contributed by atoms with van der Waals surface area (Å²) in [6.07, 6.45) is 12.3. The monoisotopic (exact) mass is 436 g/mol. The van der Waals surface area contributed by atoms with Crippen molar-refractivity contribution in [2.24, 2.45) is 0 Å². The molecule has 1 saturated heterocycles. The predicted octanol–water partition coefficient (Wildman–Crippen LogP) is 4.18. The van der Waals surface area contributed by atoms with Crippen LogP contribution < -0.4 is 4.90 Å². The zero-order valence-electron chi connectivity index (χ0n) is 18.5. The molecule has 4 aromatic rings. The summed E-state index contributed by atoms with van der Waals surface area (Å²) in [6, 6.07) is 8.11. The van der Waals surface area contributed by atoms with Crippen molar-refractivity contribution in [1.82, 2.24) is 29.7 Å². The van der Waals surface area contributed by atoms with Gasteiger partial charge in [0.25, 0.3) is 0 Å². The van der Waals surface area contributed by atoms with E-state index in [9.17, 15) is 0 Å². The van der Waals surface area contributed by atoms with Gasteiger partial charge in [-0.2, -0.15) is 10.4 Å². The van der Waals surface area contributed by atoms with Gasteiger partial charge in [0.2, 0.25) is 5.95 Å². The van der Waals surface area contributed by atoms with E-state index in [4.69, 9.17) is 15.3 Å². The lowest BCUT2D eigenvalue weighted by Crippen LogP contribution is -2.36. The van der Waals surface area contributed by atoms with Crippen LogP contribution in [0.2, 0.25) is 0 Å². The summed E-state index contributed by atoms with van der Waals surface area (Å²) in [5.41, 5.74) is 5.31. The Kier molecular flexibility index (Phi) is 4.75. The van der Waals surface area contributed by atoms with Gasteiger partial charge in [0.15, 0.2) is 0 Å². The van der Waals surface area contributed by atoms with Crippen molar-refractivity contribution in [3.05, 3.63) is 59.9 Å². The highest BCUT2D eigenvalue weighted by molar-refractivity contribution is 5.82. The van der Waals surface area contributed by atoms with E-state index in [2.05, 4.69) is 36.7 Å². The number of aromatic nitrogens is 6. The summed E-state index contributed by atoms with van der Waals surface area (Å²) in [7, 11) is 0. The van der Waals surface area contributed by atoms with Crippen LogP contribution in [0.3, 0.4) is 0 Å². The molecule has 164 valence electrons. The molecule has 0 spiro atoms. The molecule has 2 aliphatic rings. The molecule has 0 bridgehead atoms. The molecule has 0 amide bonds. The van der Waals surface area contributed by atoms with Crippen LogP contribution in [0.5, 0.6) is 0 Å². The molecule has 2 fully saturated rings. The standard InChI is InChI=1S/C25H24N8/c1-16-22(5-4-20(11-26)31-16)23-10-18-14-30-33(24(18)15-27-23)21-6-8-32(9-7-21)25-28-12-19(13-29-25)17-2-3-17/h4-5,10,12-15,17,21H,2-3,6-9H2,1H3. The summed E-state index contributed by atoms with van der Waals surface area (Å²) in [5, 5.41) is 14.8. The molecule has 0 atom stereocenters. The van der Waals surface area contributed by atoms with E-state index in [1.165, 1.54) is 18.4 Å². The molecule has 6 rings (SSSR count). The lowest BCUT2D eigenvalue weighted by Gasteiger charge is -2.32. The second-order valence-electron chi connectivity index (χ2n) is 8.97. The maximum Gasteiger partial charge on any atom is 0.225 e. The van der Waals surface area contributed by atoms with Crippen molar-refractivity contribution in [1.29, 1.82) is 5.26 Å². The first-order valence-electron chi connectivity index (χ1n) is 11.5. The number of nitriles is 1. The number of hydrogen-bond donors (Lipinski definition) is 0. The van der Waals surface area contributed by atoms with Gasteiger partial charge in [0.05, 0.1) is 29.6 Å². The highest BCUT2D eigenvalue weighted by Gasteiger charge is 2.26. The second-order valence-corrected chi connectivity index (χ2v) is 8.97. The van der Waals surface area contributed by atoms with Gasteiger partial charge in [-0.15, -0.1) is 0 Å². The first-order valence-corrected chi connectivity index (χ1v) is 11.5. The van der Waals surface area contributed by atoms with Crippen LogP contribution >= 0.6 is 0 Å². The summed E-state index contributed by atoms with van der Waals surface area (Å²) in [6.45, 7) is 3.73. The average Bonchev–Trinajstić information content (AvgIpc) is 3.63. The zero-order valence-corrected chi connectivity index (χ0v) is 18.5. The van der Waals surface area contributed by atoms with Gasteiger partial charge in [-0.3, -0.25) is 9.67 Å². The number of piperidine rings is 1. The van der Waals surface area contributed by atoms with Crippen LogP contribution in [0.25, 0.3) is 22.2 Å². The Morgan fingerprint density at radius 1 is 0.970 bits per heavy atom. The topological polar surface area (TPSA) is 96.4 Å². The third kappa shape index (κ3) is 3.69. The number of hydrogen-bond acceptors (Lipinski definition) is 7. The molecule has 1 saturated carbocycles. The summed E-state index contributed by atoms with van der Waals surface area (Å²) in [4.78, 5) is 20.5. The maximum atomic E-state index is 9.06. The number of fused-ring (bicyclic) bond motifs is 1. The summed E-state index contributed by atoms with van der Waals surface area (Å²) in [5.74, 6) is 1.52. The molecule has 4 aromatic heterocycles. The predicted molar refractivity (Wildman–Crippen MR) is 125 cm³/mol. The summed E-state index contributed by atoms with van der Waals surface area (Å²) >= 11 is 0. The van der Waals surface area contributed by atoms with Crippen LogP contribution in [-0.2, 0) is 0 Å². The van der Waals surface area contributed by atoms with Crippen molar-refractivity contribution >= 4 is 16.9 Å². The minimum atomic E-state index is 0.329. The maximum absolute atomic E-state index is 9.06. The molecule has 1 aliphatic heterocycles. The van der Waals surface area contributed by atoms with Crippen LogP contribution in [0.15, 0.2) is 43.0 Å².